The van der Waals surface area contributed by atoms with Crippen molar-refractivity contribution in [2.75, 3.05) is 20.5 Å². The van der Waals surface area contributed by atoms with E-state index in [1.165, 1.54) is 16.3 Å². The van der Waals surface area contributed by atoms with Gasteiger partial charge < -0.3 is 9.47 Å². The summed E-state index contributed by atoms with van der Waals surface area (Å²) in [5, 5.41) is 0.386. The maximum absolute atomic E-state index is 13.0. The van der Waals surface area contributed by atoms with Gasteiger partial charge in [0.15, 0.2) is 5.16 Å². The maximum Gasteiger partial charge on any atom is 0.354 e. The van der Waals surface area contributed by atoms with Crippen LogP contribution in [-0.4, -0.2) is 34.6 Å². The van der Waals surface area contributed by atoms with Crippen molar-refractivity contribution in [1.29, 1.82) is 0 Å². The van der Waals surface area contributed by atoms with Crippen LogP contribution in [0.15, 0.2) is 63.3 Å². The summed E-state index contributed by atoms with van der Waals surface area (Å²) in [6, 6.07) is 14.7. The highest BCUT2D eigenvalue weighted by Gasteiger charge is 2.13. The van der Waals surface area contributed by atoms with Crippen molar-refractivity contribution in [3.63, 3.8) is 0 Å². The third kappa shape index (κ3) is 4.28. The lowest BCUT2D eigenvalue weighted by molar-refractivity contribution is 0.414. The molecule has 0 aliphatic rings. The molecule has 0 aliphatic carbocycles. The summed E-state index contributed by atoms with van der Waals surface area (Å²) < 4.78 is 13.0. The fraction of sp³-hybridized carbons (Fsp3) is 0.250. The monoisotopic (exact) mass is 399 g/mol. The normalized spacial score (nSPS) is 10.7. The maximum atomic E-state index is 13.0. The molecule has 3 rings (SSSR count). The van der Waals surface area contributed by atoms with Crippen LogP contribution in [0.1, 0.15) is 11.1 Å². The Hall–Kier alpha value is -3.00. The van der Waals surface area contributed by atoms with Crippen LogP contribution in [0.4, 0.5) is 0 Å². The minimum atomic E-state index is -0.559. The average molecular weight is 399 g/mol. The summed E-state index contributed by atoms with van der Waals surface area (Å²) in [7, 11) is 3.19. The van der Waals surface area contributed by atoms with E-state index in [2.05, 4.69) is 4.98 Å². The summed E-state index contributed by atoms with van der Waals surface area (Å²) >= 11 is 1.27. The van der Waals surface area contributed by atoms with E-state index in [0.29, 0.717) is 17.5 Å². The van der Waals surface area contributed by atoms with E-state index >= 15 is 0 Å². The lowest BCUT2D eigenvalue weighted by Gasteiger charge is -2.13. The highest BCUT2D eigenvalue weighted by molar-refractivity contribution is 7.98. The van der Waals surface area contributed by atoms with Crippen LogP contribution in [-0.2, 0) is 13.1 Å². The van der Waals surface area contributed by atoms with Gasteiger partial charge in [0.05, 0.1) is 27.3 Å². The molecule has 7 nitrogen and oxygen atoms in total. The van der Waals surface area contributed by atoms with E-state index in [9.17, 15) is 9.59 Å². The van der Waals surface area contributed by atoms with Crippen molar-refractivity contribution in [3.8, 4) is 11.5 Å². The first-order valence-electron chi connectivity index (χ1n) is 8.57. The molecule has 0 unspecified atom stereocenters. The minimum absolute atomic E-state index is 0.145. The third-order valence-electron chi connectivity index (χ3n) is 4.30. The van der Waals surface area contributed by atoms with Crippen LogP contribution in [0.5, 0.6) is 11.5 Å². The molecule has 8 heteroatoms. The molecule has 0 atom stereocenters. The van der Waals surface area contributed by atoms with E-state index in [4.69, 9.17) is 9.47 Å². The molecule has 1 heterocycles. The molecule has 1 aromatic heterocycles. The predicted molar refractivity (Wildman–Crippen MR) is 109 cm³/mol. The first kappa shape index (κ1) is 19.8. The summed E-state index contributed by atoms with van der Waals surface area (Å²) in [5.74, 6) is 1.45. The van der Waals surface area contributed by atoms with Gasteiger partial charge in [-0.25, -0.2) is 14.2 Å². The second kappa shape index (κ2) is 8.79. The lowest BCUT2D eigenvalue weighted by atomic mass is 10.2. The Balaban J connectivity index is 1.97. The molecule has 0 radical (unpaired) electrons. The zero-order chi connectivity index (χ0) is 20.1. The van der Waals surface area contributed by atoms with Gasteiger partial charge in [0.1, 0.15) is 11.5 Å². The Morgan fingerprint density at radius 2 is 1.29 bits per heavy atom. The Bertz CT molecular complexity index is 1060. The van der Waals surface area contributed by atoms with Crippen molar-refractivity contribution in [2.45, 2.75) is 18.2 Å². The molecule has 0 saturated carbocycles. The first-order valence-corrected chi connectivity index (χ1v) is 9.79. The van der Waals surface area contributed by atoms with Gasteiger partial charge in [-0.2, -0.15) is 4.98 Å². The third-order valence-corrected chi connectivity index (χ3v) is 4.97. The summed E-state index contributed by atoms with van der Waals surface area (Å²) in [6.45, 7) is 0.459. The molecule has 146 valence electrons. The van der Waals surface area contributed by atoms with E-state index in [-0.39, 0.29) is 6.54 Å². The van der Waals surface area contributed by atoms with Crippen LogP contribution in [0.2, 0.25) is 0 Å². The van der Waals surface area contributed by atoms with E-state index in [1.807, 2.05) is 36.4 Å². The SMILES string of the molecule is COc1ccc(Cn2c(SC)nc(=O)n(Cc3ccc(OC)cc3)c2=O)cc1. The van der Waals surface area contributed by atoms with Crippen LogP contribution < -0.4 is 20.9 Å². The summed E-state index contributed by atoms with van der Waals surface area (Å²) in [4.78, 5) is 29.6. The Labute approximate surface area is 166 Å². The number of hydrogen-bond acceptors (Lipinski definition) is 6. The minimum Gasteiger partial charge on any atom is -0.497 e. The van der Waals surface area contributed by atoms with Gasteiger partial charge in [-0.15, -0.1) is 0 Å². The molecule has 0 aliphatic heterocycles. The van der Waals surface area contributed by atoms with E-state index < -0.39 is 11.4 Å². The zero-order valence-corrected chi connectivity index (χ0v) is 16.7. The molecular formula is C20H21N3O4S. The molecule has 3 aromatic rings. The molecule has 0 amide bonds. The van der Waals surface area contributed by atoms with E-state index in [0.717, 1.165) is 21.4 Å². The standard InChI is InChI=1S/C20H21N3O4S/c1-26-16-8-4-14(5-9-16)12-22-18(24)21-19(28-3)23(20(22)25)13-15-6-10-17(27-2)11-7-15/h4-11H,12-13H2,1-3H3. The molecule has 0 N–H and O–H groups in total. The number of benzene rings is 2. The quantitative estimate of drug-likeness (QED) is 0.567. The molecular weight excluding hydrogens is 378 g/mol. The number of rotatable bonds is 7. The van der Waals surface area contributed by atoms with Crippen LogP contribution >= 0.6 is 11.8 Å². The van der Waals surface area contributed by atoms with Crippen molar-refractivity contribution in [3.05, 3.63) is 80.6 Å². The Morgan fingerprint density at radius 1 is 0.821 bits per heavy atom. The van der Waals surface area contributed by atoms with Crippen molar-refractivity contribution in [1.82, 2.24) is 14.1 Å². The lowest BCUT2D eigenvalue weighted by Crippen LogP contribution is -2.42. The number of methoxy groups -OCH3 is 2. The van der Waals surface area contributed by atoms with Gasteiger partial charge >= 0.3 is 11.4 Å². The Kier molecular flexibility index (Phi) is 6.20. The van der Waals surface area contributed by atoms with Crippen molar-refractivity contribution in [2.24, 2.45) is 0 Å². The topological polar surface area (TPSA) is 75.3 Å². The van der Waals surface area contributed by atoms with Crippen LogP contribution in [0, 0.1) is 0 Å². The Morgan fingerprint density at radius 3 is 1.71 bits per heavy atom. The van der Waals surface area contributed by atoms with Crippen molar-refractivity contribution < 1.29 is 9.47 Å². The van der Waals surface area contributed by atoms with Crippen molar-refractivity contribution >= 4 is 11.8 Å². The highest BCUT2D eigenvalue weighted by atomic mass is 32.2. The van der Waals surface area contributed by atoms with Gasteiger partial charge in [-0.05, 0) is 41.6 Å². The van der Waals surface area contributed by atoms with Gasteiger partial charge in [0, 0.05) is 0 Å². The fourth-order valence-corrected chi connectivity index (χ4v) is 3.30. The molecule has 28 heavy (non-hydrogen) atoms. The molecule has 0 spiro atoms. The van der Waals surface area contributed by atoms with Gasteiger partial charge in [-0.1, -0.05) is 36.0 Å². The molecule has 0 fully saturated rings. The molecule has 2 aromatic carbocycles. The second-order valence-corrected chi connectivity index (χ2v) is 6.81. The highest BCUT2D eigenvalue weighted by Crippen LogP contribution is 2.15. The summed E-state index contributed by atoms with van der Waals surface area (Å²) in [6.07, 6.45) is 1.79. The fourth-order valence-electron chi connectivity index (χ4n) is 2.77. The average Bonchev–Trinajstić information content (AvgIpc) is 2.73. The summed E-state index contributed by atoms with van der Waals surface area (Å²) in [5.41, 5.74) is 0.775. The number of thioether (sulfide) groups is 1. The predicted octanol–water partition coefficient (Wildman–Crippen LogP) is 2.24. The largest absolute Gasteiger partial charge is 0.497 e. The number of ether oxygens (including phenoxy) is 2. The first-order chi connectivity index (χ1) is 13.5. The number of aromatic nitrogens is 3. The van der Waals surface area contributed by atoms with Crippen LogP contribution in [0.25, 0.3) is 0 Å². The molecule has 0 bridgehead atoms. The molecule has 0 saturated heterocycles. The van der Waals surface area contributed by atoms with E-state index in [1.54, 1.807) is 32.6 Å². The van der Waals surface area contributed by atoms with Gasteiger partial charge in [0.2, 0.25) is 0 Å². The number of hydrogen-bond donors (Lipinski definition) is 0. The van der Waals surface area contributed by atoms with Crippen LogP contribution in [0.3, 0.4) is 0 Å². The smallest absolute Gasteiger partial charge is 0.354 e. The number of nitrogens with zero attached hydrogens (tertiary/aromatic N) is 3. The van der Waals surface area contributed by atoms with Gasteiger partial charge in [0.25, 0.3) is 0 Å². The van der Waals surface area contributed by atoms with Gasteiger partial charge in [-0.3, -0.25) is 4.57 Å². The zero-order valence-electron chi connectivity index (χ0n) is 15.9. The second-order valence-electron chi connectivity index (χ2n) is 6.03.